The zero-order valence-electron chi connectivity index (χ0n) is 44.8. The van der Waals surface area contributed by atoms with Gasteiger partial charge in [-0.15, -0.1) is 0 Å². The molecule has 1 heterocycles. The molecule has 1 atom stereocenters. The number of aromatic nitrogens is 1. The quantitative estimate of drug-likeness (QED) is 0.0443. The van der Waals surface area contributed by atoms with E-state index < -0.39 is 70.0 Å². The van der Waals surface area contributed by atoms with Crippen LogP contribution in [0.3, 0.4) is 0 Å². The molecule has 22 heteroatoms. The van der Waals surface area contributed by atoms with Crippen molar-refractivity contribution in [2.45, 2.75) is 136 Å². The van der Waals surface area contributed by atoms with Gasteiger partial charge in [-0.05, 0) is 121 Å². The molecule has 1 aliphatic carbocycles. The van der Waals surface area contributed by atoms with E-state index in [2.05, 4.69) is 73.2 Å². The number of sulfonamides is 3. The summed E-state index contributed by atoms with van der Waals surface area (Å²) in [7, 11) is -12.6. The summed E-state index contributed by atoms with van der Waals surface area (Å²) in [6.07, 6.45) is 4.91. The van der Waals surface area contributed by atoms with Crippen LogP contribution in [0.25, 0.3) is 22.7 Å². The molecule has 4 aromatic carbocycles. The molecule has 6 rings (SSSR count). The molecule has 1 unspecified atom stereocenters. The summed E-state index contributed by atoms with van der Waals surface area (Å²) in [6, 6.07) is 18.1. The Kier molecular flexibility index (Phi) is 17.2. The van der Waals surface area contributed by atoms with E-state index in [0.29, 0.717) is 40.8 Å². The fourth-order valence-corrected chi connectivity index (χ4v) is 11.1. The third-order valence-corrected chi connectivity index (χ3v) is 16.6. The van der Waals surface area contributed by atoms with Crippen LogP contribution in [-0.4, -0.2) is 72.7 Å². The van der Waals surface area contributed by atoms with Gasteiger partial charge in [-0.3, -0.25) is 28.7 Å². The number of halogens is 1. The minimum atomic E-state index is -4.65. The number of benzene rings is 4. The maximum Gasteiger partial charge on any atom is 0.415 e. The monoisotopic (exact) mass is 1120 g/mol. The molecular formula is C54H66ClN7O11S3. The molecule has 18 nitrogen and oxygen atoms in total. The number of aryl methyl sites for hydroxylation is 1. The number of carbonyl (C=O) groups excluding carboxylic acids is 3. The van der Waals surface area contributed by atoms with Crippen LogP contribution in [0.5, 0.6) is 0 Å². The number of hydrogen-bond donors (Lipinski definition) is 4. The van der Waals surface area contributed by atoms with Gasteiger partial charge < -0.3 is 14.5 Å². The summed E-state index contributed by atoms with van der Waals surface area (Å²) in [5.41, 5.74) is 2.83. The molecule has 0 radical (unpaired) electrons. The number of Topliss-reactive ketones (excluding diaryl/α,β-unsaturated/α-hetero) is 1. The molecule has 0 bridgehead atoms. The Morgan fingerprint density at radius 2 is 1.43 bits per heavy atom. The number of rotatable bonds is 19. The van der Waals surface area contributed by atoms with Crippen molar-refractivity contribution in [3.63, 3.8) is 0 Å². The second-order valence-electron chi connectivity index (χ2n) is 21.5. The van der Waals surface area contributed by atoms with Crippen LogP contribution in [-0.2, 0) is 55.2 Å². The Morgan fingerprint density at radius 3 is 2.01 bits per heavy atom. The van der Waals surface area contributed by atoms with Crippen molar-refractivity contribution in [1.29, 1.82) is 5.26 Å². The zero-order chi connectivity index (χ0) is 56.5. The molecule has 408 valence electrons. The summed E-state index contributed by atoms with van der Waals surface area (Å²) in [5, 5.41) is 12.9. The second-order valence-corrected chi connectivity index (χ2v) is 27.1. The first kappa shape index (κ1) is 58.8. The van der Waals surface area contributed by atoms with Crippen LogP contribution in [0.15, 0.2) is 76.0 Å². The first-order valence-corrected chi connectivity index (χ1v) is 30.3. The average molecular weight is 1120 g/mol. The van der Waals surface area contributed by atoms with Crippen molar-refractivity contribution in [3.8, 4) is 6.07 Å². The highest BCUT2D eigenvalue weighted by Gasteiger charge is 2.41. The van der Waals surface area contributed by atoms with Crippen LogP contribution in [0.2, 0.25) is 5.02 Å². The molecule has 76 heavy (non-hydrogen) atoms. The fourth-order valence-electron chi connectivity index (χ4n) is 8.52. The maximum atomic E-state index is 14.6. The highest BCUT2D eigenvalue weighted by atomic mass is 35.5. The number of oxazole rings is 1. The molecule has 1 saturated carbocycles. The van der Waals surface area contributed by atoms with Crippen LogP contribution in [0.1, 0.15) is 129 Å². The lowest BCUT2D eigenvalue weighted by Gasteiger charge is -2.31. The Bertz CT molecular complexity index is 3520. The lowest BCUT2D eigenvalue weighted by Crippen LogP contribution is -2.48. The van der Waals surface area contributed by atoms with E-state index in [9.17, 15) is 44.9 Å². The van der Waals surface area contributed by atoms with Gasteiger partial charge in [0.05, 0.1) is 40.3 Å². The Balaban J connectivity index is 1.30. The van der Waals surface area contributed by atoms with Crippen molar-refractivity contribution in [1.82, 2.24) is 4.98 Å². The van der Waals surface area contributed by atoms with Gasteiger partial charge in [-0.2, -0.15) is 5.26 Å². The van der Waals surface area contributed by atoms with Crippen molar-refractivity contribution in [2.75, 3.05) is 36.9 Å². The predicted octanol–water partition coefficient (Wildman–Crippen LogP) is 11.3. The molecule has 0 spiro atoms. The largest absolute Gasteiger partial charge is 0.435 e. The zero-order valence-corrected chi connectivity index (χ0v) is 48.0. The van der Waals surface area contributed by atoms with E-state index >= 15 is 0 Å². The molecule has 0 saturated heterocycles. The number of ketones is 1. The molecule has 2 amide bonds. The van der Waals surface area contributed by atoms with E-state index in [4.69, 9.17) is 25.7 Å². The Hall–Kier alpha value is -6.47. The summed E-state index contributed by atoms with van der Waals surface area (Å²) in [4.78, 5) is 48.6. The van der Waals surface area contributed by atoms with Gasteiger partial charge in [0.15, 0.2) is 11.4 Å². The summed E-state index contributed by atoms with van der Waals surface area (Å²) < 4.78 is 94.7. The fraction of sp³-hybridized carbons (Fsp3) is 0.426. The van der Waals surface area contributed by atoms with E-state index in [1.165, 1.54) is 17.0 Å². The number of amides is 2. The van der Waals surface area contributed by atoms with Gasteiger partial charge in [0, 0.05) is 22.7 Å². The standard InChI is InChI=1S/C54H66ClN7O11S3/c1-13-53(7,8)35-27-40(54(9,10)14-2)46-44(28-35)58-50(72-46)34(31-56)26-33-19-22-39(25-32(33)3)62(38-17-15-16-18-38)51(65)73-47(48(63)52(4,5)6)49(64)57-42-29-37(20-23-41(42)55)60-76(70,71)45-24-21-36(59-74(11,66)67)30-43(45)61-75(12,68)69/h19-30,38,47,59-61H,13-18H2,1-12H3,(H,57,64). The highest BCUT2D eigenvalue weighted by Crippen LogP contribution is 2.40. The number of nitrogens with one attached hydrogen (secondary N) is 4. The average Bonchev–Trinajstić information content (AvgIpc) is 4.00. The smallest absolute Gasteiger partial charge is 0.415 e. The van der Waals surface area contributed by atoms with Crippen molar-refractivity contribution < 1.29 is 48.8 Å². The number of ether oxygens (including phenoxy) is 1. The van der Waals surface area contributed by atoms with Crippen LogP contribution in [0.4, 0.5) is 33.2 Å². The number of allylic oxidation sites excluding steroid dienone is 1. The Morgan fingerprint density at radius 1 is 0.829 bits per heavy atom. The topological polar surface area (TPSA) is 264 Å². The van der Waals surface area contributed by atoms with E-state index in [1.807, 2.05) is 13.0 Å². The van der Waals surface area contributed by atoms with Gasteiger partial charge in [-0.25, -0.2) is 35.0 Å². The number of nitrogens with zero attached hydrogens (tertiary/aromatic N) is 3. The molecular weight excluding hydrogens is 1050 g/mol. The first-order valence-electron chi connectivity index (χ1n) is 24.6. The summed E-state index contributed by atoms with van der Waals surface area (Å²) >= 11 is 6.51. The van der Waals surface area contributed by atoms with Crippen molar-refractivity contribution in [2.24, 2.45) is 5.41 Å². The van der Waals surface area contributed by atoms with Crippen LogP contribution < -0.4 is 24.4 Å². The number of anilines is 5. The molecule has 0 aliphatic heterocycles. The molecule has 1 aromatic heterocycles. The van der Waals surface area contributed by atoms with E-state index in [1.54, 1.807) is 45.0 Å². The third-order valence-electron chi connectivity index (χ3n) is 13.6. The first-order chi connectivity index (χ1) is 35.2. The lowest BCUT2D eigenvalue weighted by atomic mass is 9.76. The number of fused-ring (bicyclic) bond motifs is 1. The summed E-state index contributed by atoms with van der Waals surface area (Å²) in [6.45, 7) is 19.5. The number of carbonyl (C=O) groups is 3. The minimum absolute atomic E-state index is 0.0941. The lowest BCUT2D eigenvalue weighted by molar-refractivity contribution is -0.142. The normalized spacial score (nSPS) is 14.4. The third kappa shape index (κ3) is 13.9. The molecule has 5 aromatic rings. The van der Waals surface area contributed by atoms with Crippen molar-refractivity contribution >= 4 is 111 Å². The SMILES string of the molecule is CCC(C)(C)c1cc(C(C)(C)CC)c2oc(C(C#N)=Cc3ccc(N(C(=O)OC(C(=O)Nc4cc(NS(=O)(=O)c5ccc(NS(C)(=O)=O)cc5NS(C)(=O)=O)ccc4Cl)C(=O)C(C)(C)C)C4CCCC4)cc3C)nc2c1. The van der Waals surface area contributed by atoms with Gasteiger partial charge in [-0.1, -0.05) is 98.9 Å². The molecule has 1 aliphatic rings. The highest BCUT2D eigenvalue weighted by molar-refractivity contribution is 7.93. The number of nitriles is 1. The van der Waals surface area contributed by atoms with Gasteiger partial charge in [0.25, 0.3) is 15.9 Å². The van der Waals surface area contributed by atoms with Crippen LogP contribution >= 0.6 is 11.6 Å². The Labute approximate surface area is 451 Å². The maximum absolute atomic E-state index is 14.6. The molecule has 1 fully saturated rings. The minimum Gasteiger partial charge on any atom is -0.435 e. The van der Waals surface area contributed by atoms with E-state index in [-0.39, 0.29) is 50.4 Å². The van der Waals surface area contributed by atoms with Gasteiger partial charge >= 0.3 is 6.09 Å². The van der Waals surface area contributed by atoms with E-state index in [0.717, 1.165) is 73.6 Å². The number of hydrogen-bond acceptors (Lipinski definition) is 13. The second kappa shape index (κ2) is 22.2. The van der Waals surface area contributed by atoms with Gasteiger partial charge in [0.1, 0.15) is 22.1 Å². The molecule has 4 N–H and O–H groups in total. The predicted molar refractivity (Wildman–Crippen MR) is 299 cm³/mol. The van der Waals surface area contributed by atoms with Crippen molar-refractivity contribution in [3.05, 3.63) is 99.9 Å². The van der Waals surface area contributed by atoms with Crippen LogP contribution in [0, 0.1) is 23.7 Å². The summed E-state index contributed by atoms with van der Waals surface area (Å²) in [5.74, 6) is -1.68. The van der Waals surface area contributed by atoms with Gasteiger partial charge in [0.2, 0.25) is 32.0 Å².